The topological polar surface area (TPSA) is 96.7 Å². The number of hydrogen-bond acceptors (Lipinski definition) is 6. The largest absolute Gasteiger partial charge is 0.342 e. The summed E-state index contributed by atoms with van der Waals surface area (Å²) in [6, 6.07) is 13.1. The van der Waals surface area contributed by atoms with Gasteiger partial charge >= 0.3 is 0 Å². The minimum absolute atomic E-state index is 0.00528. The molecule has 1 N–H and O–H groups in total. The molecule has 1 aromatic heterocycles. The van der Waals surface area contributed by atoms with Crippen LogP contribution in [-0.4, -0.2) is 41.3 Å². The van der Waals surface area contributed by atoms with Gasteiger partial charge in [0, 0.05) is 23.5 Å². The van der Waals surface area contributed by atoms with Crippen molar-refractivity contribution in [3.63, 3.8) is 0 Å². The molecule has 10 heteroatoms. The molecule has 0 aliphatic carbocycles. The fraction of sp³-hybridized carbons (Fsp3) is 0.286. The van der Waals surface area contributed by atoms with Crippen LogP contribution in [0.15, 0.2) is 51.8 Å². The molecule has 2 aliphatic heterocycles. The first-order valence-corrected chi connectivity index (χ1v) is 12.5. The number of aromatic nitrogens is 2. The Kier molecular flexibility index (Phi) is 4.78. The zero-order chi connectivity index (χ0) is 21.8. The second kappa shape index (κ2) is 7.38. The van der Waals surface area contributed by atoms with Crippen LogP contribution in [0.5, 0.6) is 0 Å². The summed E-state index contributed by atoms with van der Waals surface area (Å²) in [6.45, 7) is 5.11. The molecule has 0 saturated heterocycles. The van der Waals surface area contributed by atoms with Crippen molar-refractivity contribution >= 4 is 49.6 Å². The fourth-order valence-corrected chi connectivity index (χ4v) is 6.27. The van der Waals surface area contributed by atoms with Crippen LogP contribution in [0.4, 0.5) is 5.69 Å². The van der Waals surface area contributed by atoms with Gasteiger partial charge in [-0.15, -0.1) is 4.40 Å². The van der Waals surface area contributed by atoms with Crippen LogP contribution in [-0.2, 0) is 16.6 Å². The number of thioether (sulfide) groups is 1. The Hall–Kier alpha value is -2.85. The molecule has 0 spiro atoms. The van der Waals surface area contributed by atoms with Gasteiger partial charge in [0.15, 0.2) is 5.17 Å². The van der Waals surface area contributed by atoms with Crippen LogP contribution in [0.1, 0.15) is 36.1 Å². The summed E-state index contributed by atoms with van der Waals surface area (Å²) in [5, 5.41) is 3.49. The molecular weight excluding hydrogens is 434 g/mol. The molecule has 1 atom stereocenters. The third-order valence-electron chi connectivity index (χ3n) is 5.47. The van der Waals surface area contributed by atoms with E-state index in [0.717, 1.165) is 34.0 Å². The SMILES string of the molecule is CCn1c(C(C)NC(=O)c2ccc3c(c2)SC2=NS(=O)(=O)CCN23)nc2ccccc21. The highest BCUT2D eigenvalue weighted by Gasteiger charge is 2.33. The lowest BCUT2D eigenvalue weighted by atomic mass is 10.1. The smallest absolute Gasteiger partial charge is 0.257 e. The summed E-state index contributed by atoms with van der Waals surface area (Å²) in [5.41, 5.74) is 3.35. The summed E-state index contributed by atoms with van der Waals surface area (Å²) in [7, 11) is -3.41. The standard InChI is InChI=1S/C21H21N5O3S2/c1-3-25-16-7-5-4-6-15(16)23-19(25)13(2)22-20(27)14-8-9-17-18(12-14)30-21-24-31(28,29)11-10-26(17)21/h4-9,12-13H,3,10-11H2,1-2H3,(H,22,27). The lowest BCUT2D eigenvalue weighted by Gasteiger charge is -2.22. The number of sulfonamides is 1. The fourth-order valence-electron chi connectivity index (χ4n) is 3.97. The molecule has 1 unspecified atom stereocenters. The Morgan fingerprint density at radius 2 is 2.06 bits per heavy atom. The van der Waals surface area contributed by atoms with Crippen LogP contribution in [0.2, 0.25) is 0 Å². The van der Waals surface area contributed by atoms with Crippen molar-refractivity contribution in [2.45, 2.75) is 31.3 Å². The van der Waals surface area contributed by atoms with Gasteiger partial charge in [-0.25, -0.2) is 13.4 Å². The monoisotopic (exact) mass is 455 g/mol. The van der Waals surface area contributed by atoms with Gasteiger partial charge < -0.3 is 14.8 Å². The highest BCUT2D eigenvalue weighted by atomic mass is 32.2. The first-order chi connectivity index (χ1) is 14.9. The van der Waals surface area contributed by atoms with Crippen molar-refractivity contribution in [2.24, 2.45) is 4.40 Å². The number of amides is 1. The first-order valence-electron chi connectivity index (χ1n) is 10.0. The number of rotatable bonds is 4. The predicted octanol–water partition coefficient (Wildman–Crippen LogP) is 3.16. The third-order valence-corrected chi connectivity index (χ3v) is 7.78. The van der Waals surface area contributed by atoms with Crippen molar-refractivity contribution in [3.8, 4) is 0 Å². The summed E-state index contributed by atoms with van der Waals surface area (Å²) >= 11 is 1.28. The van der Waals surface area contributed by atoms with Crippen molar-refractivity contribution in [2.75, 3.05) is 17.2 Å². The third kappa shape index (κ3) is 3.49. The lowest BCUT2D eigenvalue weighted by Crippen LogP contribution is -2.35. The van der Waals surface area contributed by atoms with Gasteiger partial charge in [0.1, 0.15) is 5.82 Å². The zero-order valence-electron chi connectivity index (χ0n) is 17.1. The lowest BCUT2D eigenvalue weighted by molar-refractivity contribution is 0.0937. The van der Waals surface area contributed by atoms with Gasteiger partial charge in [0.25, 0.3) is 15.9 Å². The molecule has 31 heavy (non-hydrogen) atoms. The molecule has 3 aromatic rings. The molecule has 160 valence electrons. The maximum absolute atomic E-state index is 13.0. The van der Waals surface area contributed by atoms with Crippen LogP contribution in [0.25, 0.3) is 11.0 Å². The molecule has 2 aromatic carbocycles. The molecule has 0 radical (unpaired) electrons. The van der Waals surface area contributed by atoms with E-state index < -0.39 is 10.0 Å². The van der Waals surface area contributed by atoms with Gasteiger partial charge in [0.2, 0.25) is 0 Å². The van der Waals surface area contributed by atoms with E-state index in [-0.39, 0.29) is 17.7 Å². The Bertz CT molecular complexity index is 1350. The van der Waals surface area contributed by atoms with Crippen LogP contribution >= 0.6 is 11.8 Å². The van der Waals surface area contributed by atoms with Crippen molar-refractivity contribution in [3.05, 3.63) is 53.9 Å². The molecule has 3 heterocycles. The zero-order valence-corrected chi connectivity index (χ0v) is 18.7. The average molecular weight is 456 g/mol. The summed E-state index contributed by atoms with van der Waals surface area (Å²) < 4.78 is 29.6. The molecule has 2 aliphatic rings. The molecule has 1 amide bonds. The van der Waals surface area contributed by atoms with Crippen molar-refractivity contribution in [1.82, 2.24) is 14.9 Å². The first kappa shape index (κ1) is 20.1. The summed E-state index contributed by atoms with van der Waals surface area (Å²) in [4.78, 5) is 20.4. The number of nitrogens with zero attached hydrogens (tertiary/aromatic N) is 4. The van der Waals surface area contributed by atoms with Gasteiger partial charge in [-0.1, -0.05) is 12.1 Å². The predicted molar refractivity (Wildman–Crippen MR) is 122 cm³/mol. The molecular formula is C21H21N5O3S2. The number of aryl methyl sites for hydroxylation is 1. The number of amidine groups is 1. The van der Waals surface area contributed by atoms with E-state index in [4.69, 9.17) is 4.98 Å². The van der Waals surface area contributed by atoms with Crippen LogP contribution in [0, 0.1) is 0 Å². The van der Waals surface area contributed by atoms with E-state index in [1.54, 1.807) is 12.1 Å². The normalized spacial score (nSPS) is 17.7. The number of hydrogen-bond donors (Lipinski definition) is 1. The van der Waals surface area contributed by atoms with Gasteiger partial charge in [-0.3, -0.25) is 4.79 Å². The van der Waals surface area contributed by atoms with E-state index in [1.165, 1.54) is 11.8 Å². The summed E-state index contributed by atoms with van der Waals surface area (Å²) in [5.74, 6) is 0.601. The Morgan fingerprint density at radius 3 is 2.87 bits per heavy atom. The minimum Gasteiger partial charge on any atom is -0.342 e. The molecule has 8 nitrogen and oxygen atoms in total. The van der Waals surface area contributed by atoms with E-state index in [0.29, 0.717) is 17.3 Å². The maximum atomic E-state index is 13.0. The number of benzene rings is 2. The number of para-hydroxylation sites is 2. The molecule has 0 saturated carbocycles. The minimum atomic E-state index is -3.41. The maximum Gasteiger partial charge on any atom is 0.257 e. The van der Waals surface area contributed by atoms with Crippen molar-refractivity contribution in [1.29, 1.82) is 0 Å². The highest BCUT2D eigenvalue weighted by molar-refractivity contribution is 8.15. The number of carbonyl (C=O) groups is 1. The molecule has 0 fully saturated rings. The Labute approximate surface area is 184 Å². The average Bonchev–Trinajstić information content (AvgIpc) is 3.29. The quantitative estimate of drug-likeness (QED) is 0.649. The van der Waals surface area contributed by atoms with E-state index in [9.17, 15) is 13.2 Å². The number of carbonyl (C=O) groups excluding carboxylic acids is 1. The van der Waals surface area contributed by atoms with Crippen molar-refractivity contribution < 1.29 is 13.2 Å². The van der Waals surface area contributed by atoms with Crippen LogP contribution < -0.4 is 10.2 Å². The van der Waals surface area contributed by atoms with Crippen LogP contribution in [0.3, 0.4) is 0 Å². The highest BCUT2D eigenvalue weighted by Crippen LogP contribution is 2.42. The van der Waals surface area contributed by atoms with Gasteiger partial charge in [-0.05, 0) is 55.9 Å². The number of imidazole rings is 1. The molecule has 5 rings (SSSR count). The van der Waals surface area contributed by atoms with Gasteiger partial charge in [-0.2, -0.15) is 0 Å². The van der Waals surface area contributed by atoms with E-state index in [1.807, 2.05) is 42.2 Å². The number of nitrogens with one attached hydrogen (secondary N) is 1. The molecule has 0 bridgehead atoms. The number of anilines is 1. The van der Waals surface area contributed by atoms with E-state index >= 15 is 0 Å². The second-order valence-electron chi connectivity index (χ2n) is 7.49. The van der Waals surface area contributed by atoms with Gasteiger partial charge in [0.05, 0.1) is 28.5 Å². The second-order valence-corrected chi connectivity index (χ2v) is 10.3. The Balaban J connectivity index is 1.39. The number of fused-ring (bicyclic) bond motifs is 4. The summed E-state index contributed by atoms with van der Waals surface area (Å²) in [6.07, 6.45) is 0. The Morgan fingerprint density at radius 1 is 1.26 bits per heavy atom. The van der Waals surface area contributed by atoms with E-state index in [2.05, 4.69) is 21.2 Å².